The molecule has 0 saturated heterocycles. The van der Waals surface area contributed by atoms with Crippen molar-refractivity contribution in [3.05, 3.63) is 34.7 Å². The van der Waals surface area contributed by atoms with E-state index >= 15 is 0 Å². The van der Waals surface area contributed by atoms with Gasteiger partial charge in [0.05, 0.1) is 5.69 Å². The van der Waals surface area contributed by atoms with Crippen LogP contribution in [0.2, 0.25) is 0 Å². The van der Waals surface area contributed by atoms with E-state index in [0.717, 1.165) is 30.5 Å². The Kier molecular flexibility index (Phi) is 5.79. The third-order valence-electron chi connectivity index (χ3n) is 4.24. The number of carbonyl (C=O) groups excluding carboxylic acids is 1. The van der Waals surface area contributed by atoms with Crippen LogP contribution in [0.25, 0.3) is 11.3 Å². The summed E-state index contributed by atoms with van der Waals surface area (Å²) in [7, 11) is 0. The van der Waals surface area contributed by atoms with Crippen LogP contribution in [0, 0.1) is 19.8 Å². The van der Waals surface area contributed by atoms with Crippen LogP contribution < -0.4 is 11.1 Å². The first kappa shape index (κ1) is 17.9. The lowest BCUT2D eigenvalue weighted by Crippen LogP contribution is -2.23. The SMILES string of the molecule is Cc1ccc(-c2csc(NC(=O)C3CCC(N)C3)n2)c(C)c1.Cl. The number of hydrogen-bond donors (Lipinski definition) is 2. The first-order valence-corrected chi connectivity index (χ1v) is 8.50. The van der Waals surface area contributed by atoms with Crippen LogP contribution in [-0.4, -0.2) is 16.9 Å². The summed E-state index contributed by atoms with van der Waals surface area (Å²) >= 11 is 1.47. The van der Waals surface area contributed by atoms with Crippen LogP contribution in [-0.2, 0) is 4.79 Å². The minimum Gasteiger partial charge on any atom is -0.328 e. The van der Waals surface area contributed by atoms with E-state index in [4.69, 9.17) is 5.73 Å². The third kappa shape index (κ3) is 4.10. The van der Waals surface area contributed by atoms with Gasteiger partial charge in [0.1, 0.15) is 0 Å². The highest BCUT2D eigenvalue weighted by atomic mass is 35.5. The molecule has 3 N–H and O–H groups in total. The zero-order valence-electron chi connectivity index (χ0n) is 13.3. The minimum atomic E-state index is 0. The number of aryl methyl sites for hydroxylation is 2. The van der Waals surface area contributed by atoms with Gasteiger partial charge < -0.3 is 11.1 Å². The molecular weight excluding hydrogens is 330 g/mol. The summed E-state index contributed by atoms with van der Waals surface area (Å²) in [5.74, 6) is 0.0814. The number of rotatable bonds is 3. The number of hydrogen-bond acceptors (Lipinski definition) is 4. The van der Waals surface area contributed by atoms with E-state index in [9.17, 15) is 4.79 Å². The highest BCUT2D eigenvalue weighted by Gasteiger charge is 2.28. The number of nitrogens with two attached hydrogens (primary N) is 1. The number of anilines is 1. The van der Waals surface area contributed by atoms with Gasteiger partial charge in [0, 0.05) is 22.9 Å². The van der Waals surface area contributed by atoms with Crippen LogP contribution in [0.5, 0.6) is 0 Å². The van der Waals surface area contributed by atoms with E-state index in [2.05, 4.69) is 42.3 Å². The van der Waals surface area contributed by atoms with Crippen molar-refractivity contribution < 1.29 is 4.79 Å². The maximum absolute atomic E-state index is 12.2. The molecule has 0 bridgehead atoms. The number of nitrogens with zero attached hydrogens (tertiary/aromatic N) is 1. The quantitative estimate of drug-likeness (QED) is 0.880. The number of nitrogens with one attached hydrogen (secondary N) is 1. The molecule has 1 aromatic carbocycles. The zero-order valence-corrected chi connectivity index (χ0v) is 15.0. The summed E-state index contributed by atoms with van der Waals surface area (Å²) in [5.41, 5.74) is 10.3. The topological polar surface area (TPSA) is 68.0 Å². The lowest BCUT2D eigenvalue weighted by atomic mass is 10.0. The Morgan fingerprint density at radius 1 is 1.35 bits per heavy atom. The molecule has 1 saturated carbocycles. The zero-order chi connectivity index (χ0) is 15.7. The Bertz CT molecular complexity index is 701. The number of thiazole rings is 1. The maximum atomic E-state index is 12.2. The van der Waals surface area contributed by atoms with E-state index in [1.54, 1.807) is 0 Å². The van der Waals surface area contributed by atoms with Crippen molar-refractivity contribution in [3.63, 3.8) is 0 Å². The fourth-order valence-electron chi connectivity index (χ4n) is 3.02. The molecular formula is C17H22ClN3OS. The minimum absolute atomic E-state index is 0. The molecule has 2 aromatic rings. The number of halogens is 1. The Morgan fingerprint density at radius 2 is 2.13 bits per heavy atom. The molecule has 124 valence electrons. The van der Waals surface area contributed by atoms with Gasteiger partial charge in [-0.1, -0.05) is 23.8 Å². The molecule has 1 amide bonds. The van der Waals surface area contributed by atoms with Gasteiger partial charge in [-0.25, -0.2) is 4.98 Å². The second kappa shape index (κ2) is 7.43. The van der Waals surface area contributed by atoms with Crippen molar-refractivity contribution in [3.8, 4) is 11.3 Å². The van der Waals surface area contributed by atoms with Gasteiger partial charge in [-0.15, -0.1) is 23.7 Å². The van der Waals surface area contributed by atoms with E-state index in [1.165, 1.54) is 22.5 Å². The van der Waals surface area contributed by atoms with Crippen LogP contribution in [0.15, 0.2) is 23.6 Å². The lowest BCUT2D eigenvalue weighted by Gasteiger charge is -2.08. The Labute approximate surface area is 146 Å². The number of amides is 1. The molecule has 1 aliphatic carbocycles. The summed E-state index contributed by atoms with van der Waals surface area (Å²) in [6.45, 7) is 4.16. The van der Waals surface area contributed by atoms with Gasteiger partial charge in [0.15, 0.2) is 5.13 Å². The fraction of sp³-hybridized carbons (Fsp3) is 0.412. The molecule has 0 spiro atoms. The van der Waals surface area contributed by atoms with E-state index in [-0.39, 0.29) is 30.3 Å². The molecule has 1 aromatic heterocycles. The maximum Gasteiger partial charge on any atom is 0.229 e. The van der Waals surface area contributed by atoms with Crippen LogP contribution in [0.3, 0.4) is 0 Å². The third-order valence-corrected chi connectivity index (χ3v) is 4.99. The Morgan fingerprint density at radius 3 is 2.78 bits per heavy atom. The Hall–Kier alpha value is -1.43. The van der Waals surface area contributed by atoms with Crippen molar-refractivity contribution in [1.82, 2.24) is 4.98 Å². The molecule has 2 unspecified atom stereocenters. The molecule has 3 rings (SSSR count). The molecule has 1 aliphatic rings. The predicted octanol–water partition coefficient (Wildman–Crippen LogP) is 3.91. The summed E-state index contributed by atoms with van der Waals surface area (Å²) < 4.78 is 0. The fourth-order valence-corrected chi connectivity index (χ4v) is 3.73. The highest BCUT2D eigenvalue weighted by Crippen LogP contribution is 2.30. The molecule has 1 fully saturated rings. The monoisotopic (exact) mass is 351 g/mol. The van der Waals surface area contributed by atoms with Gasteiger partial charge in [-0.2, -0.15) is 0 Å². The smallest absolute Gasteiger partial charge is 0.229 e. The molecule has 1 heterocycles. The van der Waals surface area contributed by atoms with Gasteiger partial charge in [-0.3, -0.25) is 4.79 Å². The summed E-state index contributed by atoms with van der Waals surface area (Å²) in [5, 5.41) is 5.60. The second-order valence-corrected chi connectivity index (χ2v) is 6.97. The van der Waals surface area contributed by atoms with Crippen LogP contribution >= 0.6 is 23.7 Å². The van der Waals surface area contributed by atoms with Gasteiger partial charge in [-0.05, 0) is 38.7 Å². The van der Waals surface area contributed by atoms with Crippen LogP contribution in [0.4, 0.5) is 5.13 Å². The first-order valence-electron chi connectivity index (χ1n) is 7.62. The molecule has 0 radical (unpaired) electrons. The van der Waals surface area contributed by atoms with Crippen molar-refractivity contribution >= 4 is 34.8 Å². The molecule has 4 nitrogen and oxygen atoms in total. The lowest BCUT2D eigenvalue weighted by molar-refractivity contribution is -0.119. The average molecular weight is 352 g/mol. The normalized spacial score (nSPS) is 20.1. The van der Waals surface area contributed by atoms with E-state index in [1.807, 2.05) is 5.38 Å². The highest BCUT2D eigenvalue weighted by molar-refractivity contribution is 7.14. The summed E-state index contributed by atoms with van der Waals surface area (Å²) in [4.78, 5) is 16.8. The van der Waals surface area contributed by atoms with Crippen molar-refractivity contribution in [1.29, 1.82) is 0 Å². The number of benzene rings is 1. The van der Waals surface area contributed by atoms with E-state index < -0.39 is 0 Å². The van der Waals surface area contributed by atoms with E-state index in [0.29, 0.717) is 5.13 Å². The standard InChI is InChI=1S/C17H21N3OS.ClH/c1-10-3-6-14(11(2)7-10)15-9-22-17(19-15)20-16(21)12-4-5-13(18)8-12;/h3,6-7,9,12-13H,4-5,8,18H2,1-2H3,(H,19,20,21);1H. The second-order valence-electron chi connectivity index (χ2n) is 6.12. The first-order chi connectivity index (χ1) is 10.5. The molecule has 0 aliphatic heterocycles. The average Bonchev–Trinajstić information content (AvgIpc) is 3.08. The van der Waals surface area contributed by atoms with Gasteiger partial charge in [0.2, 0.25) is 5.91 Å². The largest absolute Gasteiger partial charge is 0.328 e. The van der Waals surface area contributed by atoms with Gasteiger partial charge >= 0.3 is 0 Å². The van der Waals surface area contributed by atoms with Crippen LogP contribution in [0.1, 0.15) is 30.4 Å². The summed E-state index contributed by atoms with van der Waals surface area (Å²) in [6, 6.07) is 6.48. The number of carbonyl (C=O) groups is 1. The molecule has 2 atom stereocenters. The Balaban J connectivity index is 0.00000192. The van der Waals surface area contributed by atoms with Crippen molar-refractivity contribution in [2.24, 2.45) is 11.7 Å². The predicted molar refractivity (Wildman–Crippen MR) is 98.2 cm³/mol. The van der Waals surface area contributed by atoms with Crippen molar-refractivity contribution in [2.75, 3.05) is 5.32 Å². The molecule has 23 heavy (non-hydrogen) atoms. The number of aromatic nitrogens is 1. The van der Waals surface area contributed by atoms with Gasteiger partial charge in [0.25, 0.3) is 0 Å². The molecule has 6 heteroatoms. The summed E-state index contributed by atoms with van der Waals surface area (Å²) in [6.07, 6.45) is 2.59. The van der Waals surface area contributed by atoms with Crippen molar-refractivity contribution in [2.45, 2.75) is 39.2 Å².